The second-order valence-corrected chi connectivity index (χ2v) is 11.4. The molecular formula is C25H27ClN6O4S. The lowest BCUT2D eigenvalue weighted by atomic mass is 9.96. The van der Waals surface area contributed by atoms with Crippen LogP contribution in [0, 0.1) is 5.41 Å². The van der Waals surface area contributed by atoms with Gasteiger partial charge in [0.05, 0.1) is 35.0 Å². The zero-order valence-electron chi connectivity index (χ0n) is 21.1. The predicted octanol–water partition coefficient (Wildman–Crippen LogP) is 4.66. The number of anilines is 2. The fraction of sp³-hybridized carbons (Fsp3) is 0.320. The van der Waals surface area contributed by atoms with Crippen molar-refractivity contribution in [3.63, 3.8) is 0 Å². The Labute approximate surface area is 222 Å². The molecule has 4 aromatic heterocycles. The molecule has 0 saturated carbocycles. The Morgan fingerprint density at radius 3 is 2.54 bits per heavy atom. The smallest absolute Gasteiger partial charge is 0.264 e. The summed E-state index contributed by atoms with van der Waals surface area (Å²) in [7, 11) is 3.64. The molecule has 194 valence electrons. The third-order valence-electron chi connectivity index (χ3n) is 5.48. The highest BCUT2D eigenvalue weighted by Gasteiger charge is 2.29. The van der Waals surface area contributed by atoms with Gasteiger partial charge in [0.15, 0.2) is 0 Å². The van der Waals surface area contributed by atoms with Crippen LogP contribution in [-0.2, 0) is 13.1 Å². The molecule has 0 atom stereocenters. The second-order valence-electron chi connectivity index (χ2n) is 9.59. The minimum absolute atomic E-state index is 0.0986. The van der Waals surface area contributed by atoms with Crippen molar-refractivity contribution >= 4 is 46.1 Å². The summed E-state index contributed by atoms with van der Waals surface area (Å²) in [6.45, 7) is 5.52. The van der Waals surface area contributed by atoms with Gasteiger partial charge in [-0.05, 0) is 18.2 Å². The molecule has 0 aromatic carbocycles. The van der Waals surface area contributed by atoms with Crippen LogP contribution in [0.25, 0.3) is 11.4 Å². The summed E-state index contributed by atoms with van der Waals surface area (Å²) in [5, 5.41) is 7.89. The van der Waals surface area contributed by atoms with Gasteiger partial charge in [-0.15, -0.1) is 11.3 Å². The molecule has 0 radical (unpaired) electrons. The summed E-state index contributed by atoms with van der Waals surface area (Å²) in [5.74, 6) is -0.357. The number of nitrogens with zero attached hydrogens (tertiary/aromatic N) is 5. The number of thiophene rings is 1. The topological polar surface area (TPSA) is 115 Å². The highest BCUT2D eigenvalue weighted by molar-refractivity contribution is 7.16. The number of Topliss-reactive ketones (excluding diaryl/α,β-unsaturated/α-hetero) is 1. The van der Waals surface area contributed by atoms with Crippen molar-refractivity contribution < 1.29 is 14.0 Å². The van der Waals surface area contributed by atoms with E-state index in [1.807, 2.05) is 31.1 Å². The molecular weight excluding hydrogens is 516 g/mol. The van der Waals surface area contributed by atoms with Gasteiger partial charge in [0.25, 0.3) is 17.4 Å². The Morgan fingerprint density at radius 2 is 1.95 bits per heavy atom. The molecule has 4 rings (SSSR count). The van der Waals surface area contributed by atoms with E-state index in [4.69, 9.17) is 16.0 Å². The average molecular weight is 543 g/mol. The van der Waals surface area contributed by atoms with E-state index in [2.05, 4.69) is 15.4 Å². The Morgan fingerprint density at radius 1 is 1.19 bits per heavy atom. The Bertz CT molecular complexity index is 1490. The Hall–Kier alpha value is -3.70. The predicted molar refractivity (Wildman–Crippen MR) is 144 cm³/mol. The molecule has 4 aromatic rings. The number of aromatic nitrogens is 4. The lowest BCUT2D eigenvalue weighted by molar-refractivity contribution is 0.0752. The van der Waals surface area contributed by atoms with Crippen molar-refractivity contribution in [1.82, 2.24) is 19.3 Å². The van der Waals surface area contributed by atoms with E-state index in [-0.39, 0.29) is 18.3 Å². The van der Waals surface area contributed by atoms with Gasteiger partial charge >= 0.3 is 0 Å². The monoisotopic (exact) mass is 542 g/mol. The van der Waals surface area contributed by atoms with Crippen molar-refractivity contribution in [1.29, 1.82) is 0 Å². The van der Waals surface area contributed by atoms with Gasteiger partial charge in [0.2, 0.25) is 5.78 Å². The second kappa shape index (κ2) is 10.3. The normalized spacial score (nSPS) is 11.5. The third kappa shape index (κ3) is 5.67. The van der Waals surface area contributed by atoms with Crippen LogP contribution in [0.4, 0.5) is 11.5 Å². The largest absolute Gasteiger partial charge is 0.442 e. The van der Waals surface area contributed by atoms with E-state index in [1.54, 1.807) is 32.9 Å². The average Bonchev–Trinajstić information content (AvgIpc) is 3.58. The van der Waals surface area contributed by atoms with Crippen molar-refractivity contribution in [3.05, 3.63) is 68.2 Å². The number of hydrogen-bond acceptors (Lipinski definition) is 9. The van der Waals surface area contributed by atoms with E-state index >= 15 is 0 Å². The maximum Gasteiger partial charge on any atom is 0.264 e. The first kappa shape index (κ1) is 26.4. The highest BCUT2D eigenvalue weighted by Crippen LogP contribution is 2.32. The molecule has 0 saturated heterocycles. The van der Waals surface area contributed by atoms with Gasteiger partial charge in [0, 0.05) is 36.5 Å². The summed E-state index contributed by atoms with van der Waals surface area (Å²) >= 11 is 7.50. The minimum Gasteiger partial charge on any atom is -0.442 e. The lowest BCUT2D eigenvalue weighted by Gasteiger charge is -2.20. The van der Waals surface area contributed by atoms with Crippen molar-refractivity contribution in [2.45, 2.75) is 33.9 Å². The van der Waals surface area contributed by atoms with Crippen molar-refractivity contribution in [2.24, 2.45) is 5.41 Å². The zero-order valence-corrected chi connectivity index (χ0v) is 22.7. The van der Waals surface area contributed by atoms with E-state index in [0.29, 0.717) is 33.8 Å². The summed E-state index contributed by atoms with van der Waals surface area (Å²) in [6.07, 6.45) is 2.66. The first-order chi connectivity index (χ1) is 17.5. The Kier molecular flexibility index (Phi) is 7.37. The number of carbonyl (C=O) groups excluding carboxylic acids is 2. The van der Waals surface area contributed by atoms with E-state index in [0.717, 1.165) is 4.88 Å². The molecule has 12 heteroatoms. The number of ketones is 1. The van der Waals surface area contributed by atoms with Gasteiger partial charge < -0.3 is 14.6 Å². The number of pyridine rings is 1. The summed E-state index contributed by atoms with van der Waals surface area (Å²) in [6, 6.07) is 8.46. The Balaban J connectivity index is 1.84. The quantitative estimate of drug-likeness (QED) is 0.320. The van der Waals surface area contributed by atoms with Gasteiger partial charge in [-0.1, -0.05) is 32.4 Å². The minimum atomic E-state index is -0.729. The fourth-order valence-electron chi connectivity index (χ4n) is 3.65. The SMILES string of the molecule is CN(C)c1ccc(=O)n(CC(=O)c2ncco2)c1-c1cc(NCc2ccc(Cl)s2)n(C(=O)C(C)(C)C)n1. The fourth-order valence-corrected chi connectivity index (χ4v) is 4.67. The molecule has 0 bridgehead atoms. The standard InChI is InChI=1S/C25H27ClN6O4S/c1-25(2,3)24(35)32-20(28-13-15-6-8-19(26)37-15)12-16(29-32)22-17(30(4)5)7-9-21(34)31(22)14-18(33)23-27-10-11-36-23/h6-12,28H,13-14H2,1-5H3. The van der Waals surface area contributed by atoms with Crippen molar-refractivity contribution in [3.8, 4) is 11.4 Å². The first-order valence-electron chi connectivity index (χ1n) is 11.4. The van der Waals surface area contributed by atoms with Crippen LogP contribution in [0.15, 0.2) is 52.0 Å². The molecule has 0 aliphatic rings. The molecule has 1 N–H and O–H groups in total. The lowest BCUT2D eigenvalue weighted by Crippen LogP contribution is -2.29. The molecule has 37 heavy (non-hydrogen) atoms. The summed E-state index contributed by atoms with van der Waals surface area (Å²) in [4.78, 5) is 45.9. The molecule has 0 aliphatic heterocycles. The summed E-state index contributed by atoms with van der Waals surface area (Å²) < 4.78 is 8.42. The first-order valence-corrected chi connectivity index (χ1v) is 12.6. The van der Waals surface area contributed by atoms with Crippen LogP contribution < -0.4 is 15.8 Å². The molecule has 0 amide bonds. The van der Waals surface area contributed by atoms with Crippen LogP contribution in [0.5, 0.6) is 0 Å². The van der Waals surface area contributed by atoms with Crippen LogP contribution in [0.1, 0.15) is 41.1 Å². The molecule has 0 aliphatic carbocycles. The molecule has 0 spiro atoms. The maximum absolute atomic E-state index is 13.3. The van der Waals surface area contributed by atoms with Crippen LogP contribution in [-0.4, -0.2) is 45.1 Å². The number of oxazole rings is 1. The van der Waals surface area contributed by atoms with Crippen molar-refractivity contribution in [2.75, 3.05) is 24.3 Å². The number of carbonyl (C=O) groups is 2. The van der Waals surface area contributed by atoms with E-state index < -0.39 is 16.8 Å². The third-order valence-corrected chi connectivity index (χ3v) is 6.71. The van der Waals surface area contributed by atoms with Crippen LogP contribution in [0.3, 0.4) is 0 Å². The van der Waals surface area contributed by atoms with Gasteiger partial charge in [0.1, 0.15) is 17.8 Å². The molecule has 0 fully saturated rings. The number of halogens is 1. The highest BCUT2D eigenvalue weighted by atomic mass is 35.5. The van der Waals surface area contributed by atoms with Crippen LogP contribution in [0.2, 0.25) is 4.34 Å². The van der Waals surface area contributed by atoms with Gasteiger partial charge in [-0.2, -0.15) is 9.78 Å². The molecule has 4 heterocycles. The van der Waals surface area contributed by atoms with E-state index in [9.17, 15) is 14.4 Å². The molecule has 10 nitrogen and oxygen atoms in total. The number of hydrogen-bond donors (Lipinski definition) is 1. The number of nitrogens with one attached hydrogen (secondary N) is 1. The van der Waals surface area contributed by atoms with Gasteiger partial charge in [-0.3, -0.25) is 19.0 Å². The van der Waals surface area contributed by atoms with Gasteiger partial charge in [-0.25, -0.2) is 4.98 Å². The maximum atomic E-state index is 13.3. The summed E-state index contributed by atoms with van der Waals surface area (Å²) in [5.41, 5.74) is 0.253. The molecule has 0 unspecified atom stereocenters. The number of rotatable bonds is 8. The van der Waals surface area contributed by atoms with Crippen LogP contribution >= 0.6 is 22.9 Å². The van der Waals surface area contributed by atoms with E-state index in [1.165, 1.54) is 39.1 Å². The zero-order chi connectivity index (χ0) is 26.9.